The molecule has 2 aromatic carbocycles. The van der Waals surface area contributed by atoms with Gasteiger partial charge in [-0.1, -0.05) is 12.1 Å². The van der Waals surface area contributed by atoms with Crippen LogP contribution < -0.4 is 9.46 Å². The van der Waals surface area contributed by atoms with Crippen LogP contribution in [-0.2, 0) is 21.2 Å². The Morgan fingerprint density at radius 1 is 1.25 bits per heavy atom. The van der Waals surface area contributed by atoms with Gasteiger partial charge in [-0.25, -0.2) is 12.8 Å². The Morgan fingerprint density at radius 2 is 1.96 bits per heavy atom. The first-order valence-corrected chi connectivity index (χ1v) is 8.39. The second-order valence-corrected chi connectivity index (χ2v) is 6.80. The van der Waals surface area contributed by atoms with Gasteiger partial charge in [-0.2, -0.15) is 0 Å². The SMILES string of the molecule is COc1ccc(CC(=O)O)cc1S(=O)(=O)Nc1cc(C)ccc1F. The van der Waals surface area contributed by atoms with E-state index in [9.17, 15) is 17.6 Å². The van der Waals surface area contributed by atoms with Gasteiger partial charge in [-0.15, -0.1) is 0 Å². The maximum absolute atomic E-state index is 13.8. The summed E-state index contributed by atoms with van der Waals surface area (Å²) in [5.74, 6) is -1.78. The van der Waals surface area contributed by atoms with Gasteiger partial charge in [0.15, 0.2) is 0 Å². The summed E-state index contributed by atoms with van der Waals surface area (Å²) in [6, 6.07) is 8.05. The Hall–Kier alpha value is -2.61. The zero-order chi connectivity index (χ0) is 17.9. The van der Waals surface area contributed by atoms with E-state index in [1.807, 2.05) is 0 Å². The van der Waals surface area contributed by atoms with E-state index in [0.29, 0.717) is 5.56 Å². The van der Waals surface area contributed by atoms with Gasteiger partial charge in [0.05, 0.1) is 19.2 Å². The molecule has 0 unspecified atom stereocenters. The van der Waals surface area contributed by atoms with E-state index >= 15 is 0 Å². The molecule has 2 rings (SSSR count). The molecule has 0 saturated carbocycles. The number of ether oxygens (including phenoxy) is 1. The molecule has 0 aliphatic rings. The lowest BCUT2D eigenvalue weighted by molar-refractivity contribution is -0.136. The average Bonchev–Trinajstić information content (AvgIpc) is 2.50. The molecule has 0 fully saturated rings. The van der Waals surface area contributed by atoms with Crippen molar-refractivity contribution in [3.05, 3.63) is 53.3 Å². The minimum Gasteiger partial charge on any atom is -0.495 e. The third-order valence-corrected chi connectivity index (χ3v) is 4.63. The van der Waals surface area contributed by atoms with Crippen molar-refractivity contribution in [3.63, 3.8) is 0 Å². The fourth-order valence-corrected chi connectivity index (χ4v) is 3.41. The first kappa shape index (κ1) is 17.7. The zero-order valence-corrected chi connectivity index (χ0v) is 13.9. The van der Waals surface area contributed by atoms with Crippen LogP contribution in [0.25, 0.3) is 0 Å². The van der Waals surface area contributed by atoms with E-state index in [2.05, 4.69) is 4.72 Å². The number of halogens is 1. The first-order chi connectivity index (χ1) is 11.2. The van der Waals surface area contributed by atoms with Crippen molar-refractivity contribution in [1.82, 2.24) is 0 Å². The Bertz CT molecular complexity index is 880. The van der Waals surface area contributed by atoms with Gasteiger partial charge in [0.25, 0.3) is 10.0 Å². The zero-order valence-electron chi connectivity index (χ0n) is 13.0. The highest BCUT2D eigenvalue weighted by Crippen LogP contribution is 2.28. The van der Waals surface area contributed by atoms with Gasteiger partial charge in [-0.05, 0) is 42.3 Å². The lowest BCUT2D eigenvalue weighted by atomic mass is 10.1. The molecule has 0 saturated heterocycles. The van der Waals surface area contributed by atoms with Crippen LogP contribution in [-0.4, -0.2) is 26.6 Å². The molecule has 2 N–H and O–H groups in total. The van der Waals surface area contributed by atoms with Crippen LogP contribution in [0.5, 0.6) is 5.75 Å². The Kier molecular flexibility index (Phi) is 5.08. The molecule has 0 aliphatic carbocycles. The number of aryl methyl sites for hydroxylation is 1. The molecule has 0 aliphatic heterocycles. The number of aliphatic carboxylic acids is 1. The van der Waals surface area contributed by atoms with E-state index in [1.165, 1.54) is 37.4 Å². The largest absolute Gasteiger partial charge is 0.495 e. The van der Waals surface area contributed by atoms with Crippen LogP contribution in [0.4, 0.5) is 10.1 Å². The Morgan fingerprint density at radius 3 is 2.58 bits per heavy atom. The highest BCUT2D eigenvalue weighted by molar-refractivity contribution is 7.92. The predicted octanol–water partition coefficient (Wildman–Crippen LogP) is 2.57. The fourth-order valence-electron chi connectivity index (χ4n) is 2.13. The Labute approximate surface area is 138 Å². The number of carboxylic acids is 1. The molecule has 2 aromatic rings. The van der Waals surface area contributed by atoms with Crippen molar-refractivity contribution in [2.45, 2.75) is 18.2 Å². The summed E-state index contributed by atoms with van der Waals surface area (Å²) in [5.41, 5.74) is 0.773. The van der Waals surface area contributed by atoms with Crippen LogP contribution in [0.1, 0.15) is 11.1 Å². The van der Waals surface area contributed by atoms with E-state index in [0.717, 1.165) is 6.07 Å². The number of hydrogen-bond acceptors (Lipinski definition) is 4. The van der Waals surface area contributed by atoms with Gasteiger partial charge >= 0.3 is 5.97 Å². The molecule has 0 bridgehead atoms. The molecular formula is C16H16FNO5S. The number of rotatable bonds is 6. The van der Waals surface area contributed by atoms with E-state index in [4.69, 9.17) is 9.84 Å². The summed E-state index contributed by atoms with van der Waals surface area (Å²) in [4.78, 5) is 10.6. The van der Waals surface area contributed by atoms with Crippen molar-refractivity contribution in [2.24, 2.45) is 0 Å². The molecule has 0 aromatic heterocycles. The molecule has 128 valence electrons. The second kappa shape index (κ2) is 6.88. The minimum absolute atomic E-state index is 0.0321. The van der Waals surface area contributed by atoms with E-state index in [1.54, 1.807) is 6.92 Å². The average molecular weight is 353 g/mol. The lowest BCUT2D eigenvalue weighted by Gasteiger charge is -2.13. The van der Waals surface area contributed by atoms with Crippen molar-refractivity contribution >= 4 is 21.7 Å². The van der Waals surface area contributed by atoms with Crippen molar-refractivity contribution in [1.29, 1.82) is 0 Å². The molecule has 8 heteroatoms. The van der Waals surface area contributed by atoms with Crippen LogP contribution >= 0.6 is 0 Å². The van der Waals surface area contributed by atoms with Gasteiger partial charge in [0, 0.05) is 0 Å². The molecule has 0 atom stereocenters. The predicted molar refractivity (Wildman–Crippen MR) is 86.3 cm³/mol. The summed E-state index contributed by atoms with van der Waals surface area (Å²) >= 11 is 0. The number of nitrogens with one attached hydrogen (secondary N) is 1. The smallest absolute Gasteiger partial charge is 0.307 e. The number of sulfonamides is 1. The van der Waals surface area contributed by atoms with Crippen LogP contribution in [0.2, 0.25) is 0 Å². The highest BCUT2D eigenvalue weighted by atomic mass is 32.2. The maximum atomic E-state index is 13.8. The van der Waals surface area contributed by atoms with Crippen molar-refractivity contribution in [3.8, 4) is 5.75 Å². The first-order valence-electron chi connectivity index (χ1n) is 6.90. The number of carboxylic acid groups (broad SMARTS) is 1. The molecule has 0 heterocycles. The number of methoxy groups -OCH3 is 1. The van der Waals surface area contributed by atoms with Crippen LogP contribution in [0.3, 0.4) is 0 Å². The summed E-state index contributed by atoms with van der Waals surface area (Å²) in [6.07, 6.45) is -0.342. The standard InChI is InChI=1S/C16H16FNO5S/c1-10-3-5-12(17)13(7-10)18-24(21,22)15-8-11(9-16(19)20)4-6-14(15)23-2/h3-8,18H,9H2,1-2H3,(H,19,20). The van der Waals surface area contributed by atoms with Crippen molar-refractivity contribution in [2.75, 3.05) is 11.8 Å². The van der Waals surface area contributed by atoms with Crippen LogP contribution in [0, 0.1) is 12.7 Å². The normalized spacial score (nSPS) is 11.1. The summed E-state index contributed by atoms with van der Waals surface area (Å²) in [6.45, 7) is 1.70. The van der Waals surface area contributed by atoms with Gasteiger partial charge in [-0.3, -0.25) is 9.52 Å². The third kappa shape index (κ3) is 4.02. The monoisotopic (exact) mass is 353 g/mol. The van der Waals surface area contributed by atoms with Gasteiger partial charge in [0.2, 0.25) is 0 Å². The highest BCUT2D eigenvalue weighted by Gasteiger charge is 2.22. The van der Waals surface area contributed by atoms with E-state index < -0.39 is 21.8 Å². The summed E-state index contributed by atoms with van der Waals surface area (Å²) < 4.78 is 46.2. The fraction of sp³-hybridized carbons (Fsp3) is 0.188. The third-order valence-electron chi connectivity index (χ3n) is 3.24. The van der Waals surface area contributed by atoms with Gasteiger partial charge in [0.1, 0.15) is 16.5 Å². The quantitative estimate of drug-likeness (QED) is 0.833. The van der Waals surface area contributed by atoms with Crippen LogP contribution in [0.15, 0.2) is 41.3 Å². The number of carbonyl (C=O) groups is 1. The second-order valence-electron chi connectivity index (χ2n) is 5.14. The minimum atomic E-state index is -4.16. The Balaban J connectivity index is 2.47. The van der Waals surface area contributed by atoms with E-state index in [-0.39, 0.29) is 28.3 Å². The number of benzene rings is 2. The molecule has 0 spiro atoms. The summed E-state index contributed by atoms with van der Waals surface area (Å²) in [5, 5.41) is 8.84. The summed E-state index contributed by atoms with van der Waals surface area (Å²) in [7, 11) is -2.87. The topological polar surface area (TPSA) is 92.7 Å². The van der Waals surface area contributed by atoms with Gasteiger partial charge < -0.3 is 9.84 Å². The molecule has 24 heavy (non-hydrogen) atoms. The number of anilines is 1. The number of hydrogen-bond donors (Lipinski definition) is 2. The van der Waals surface area contributed by atoms with Crippen molar-refractivity contribution < 1.29 is 27.4 Å². The molecular weight excluding hydrogens is 337 g/mol. The maximum Gasteiger partial charge on any atom is 0.307 e. The lowest BCUT2D eigenvalue weighted by Crippen LogP contribution is -2.16. The molecule has 0 radical (unpaired) electrons. The molecule has 0 amide bonds. The molecule has 6 nitrogen and oxygen atoms in total.